The van der Waals surface area contributed by atoms with Gasteiger partial charge in [-0.3, -0.25) is 4.99 Å². The van der Waals surface area contributed by atoms with E-state index in [-0.39, 0.29) is 0 Å². The molecule has 2 aromatic carbocycles. The van der Waals surface area contributed by atoms with Crippen molar-refractivity contribution in [2.45, 2.75) is 20.8 Å². The molecule has 0 spiro atoms. The quantitative estimate of drug-likeness (QED) is 0.418. The highest BCUT2D eigenvalue weighted by Gasteiger charge is 2.11. The molecule has 0 N–H and O–H groups in total. The standard InChI is InChI=1S/C19H22INO3/c1-4-22-16-9-7-15(8-10-16)21-13-14-11-17(20)19(24-6-3)18(12-14)23-5-2/h7-13H,4-6H2,1-3H3. The molecule has 0 aliphatic heterocycles. The predicted molar refractivity (Wildman–Crippen MR) is 106 cm³/mol. The van der Waals surface area contributed by atoms with Crippen LogP contribution in [0.15, 0.2) is 41.4 Å². The highest BCUT2D eigenvalue weighted by atomic mass is 127. The Labute approximate surface area is 157 Å². The first-order valence-corrected chi connectivity index (χ1v) is 9.11. The molecule has 0 saturated heterocycles. The molecule has 5 heteroatoms. The lowest BCUT2D eigenvalue weighted by molar-refractivity contribution is 0.286. The second kappa shape index (κ2) is 9.52. The van der Waals surface area contributed by atoms with Crippen LogP contribution >= 0.6 is 22.6 Å². The summed E-state index contributed by atoms with van der Waals surface area (Å²) in [7, 11) is 0. The maximum Gasteiger partial charge on any atom is 0.174 e. The van der Waals surface area contributed by atoms with Gasteiger partial charge in [-0.2, -0.15) is 0 Å². The topological polar surface area (TPSA) is 40.0 Å². The summed E-state index contributed by atoms with van der Waals surface area (Å²) >= 11 is 2.26. The summed E-state index contributed by atoms with van der Waals surface area (Å²) in [6, 6.07) is 11.7. The fourth-order valence-electron chi connectivity index (χ4n) is 2.15. The summed E-state index contributed by atoms with van der Waals surface area (Å²) in [4.78, 5) is 4.52. The second-order valence-corrected chi connectivity index (χ2v) is 6.04. The molecule has 0 heterocycles. The van der Waals surface area contributed by atoms with Crippen molar-refractivity contribution in [2.75, 3.05) is 19.8 Å². The Morgan fingerprint density at radius 1 is 0.917 bits per heavy atom. The minimum atomic E-state index is 0.593. The average Bonchev–Trinajstić information content (AvgIpc) is 2.58. The number of halogens is 1. The Balaban J connectivity index is 2.21. The van der Waals surface area contributed by atoms with Gasteiger partial charge < -0.3 is 14.2 Å². The zero-order chi connectivity index (χ0) is 17.4. The van der Waals surface area contributed by atoms with Crippen LogP contribution in [0.5, 0.6) is 17.2 Å². The van der Waals surface area contributed by atoms with Gasteiger partial charge >= 0.3 is 0 Å². The number of hydrogen-bond donors (Lipinski definition) is 0. The van der Waals surface area contributed by atoms with Crippen molar-refractivity contribution in [2.24, 2.45) is 4.99 Å². The molecule has 0 aliphatic carbocycles. The normalized spacial score (nSPS) is 10.8. The van der Waals surface area contributed by atoms with Gasteiger partial charge in [-0.15, -0.1) is 0 Å². The Bertz CT molecular complexity index is 684. The van der Waals surface area contributed by atoms with Crippen LogP contribution in [-0.4, -0.2) is 26.0 Å². The fourth-order valence-corrected chi connectivity index (χ4v) is 2.94. The number of benzene rings is 2. The SMILES string of the molecule is CCOc1ccc(N=Cc2cc(I)c(OCC)c(OCC)c2)cc1. The summed E-state index contributed by atoms with van der Waals surface area (Å²) < 4.78 is 17.8. The third kappa shape index (κ3) is 5.12. The van der Waals surface area contributed by atoms with Crippen LogP contribution in [0, 0.1) is 3.57 Å². The van der Waals surface area contributed by atoms with Crippen LogP contribution in [0.25, 0.3) is 0 Å². The molecule has 0 radical (unpaired) electrons. The van der Waals surface area contributed by atoms with Gasteiger partial charge in [-0.25, -0.2) is 0 Å². The number of hydrogen-bond acceptors (Lipinski definition) is 4. The van der Waals surface area contributed by atoms with Gasteiger partial charge in [0.1, 0.15) is 5.75 Å². The number of rotatable bonds is 8. The van der Waals surface area contributed by atoms with Crippen LogP contribution < -0.4 is 14.2 Å². The molecule has 0 saturated carbocycles. The molecule has 0 atom stereocenters. The van der Waals surface area contributed by atoms with Crippen molar-refractivity contribution in [1.29, 1.82) is 0 Å². The van der Waals surface area contributed by atoms with Crippen LogP contribution in [0.2, 0.25) is 0 Å². The first-order valence-electron chi connectivity index (χ1n) is 8.04. The minimum Gasteiger partial charge on any atom is -0.494 e. The second-order valence-electron chi connectivity index (χ2n) is 4.88. The maximum atomic E-state index is 5.70. The summed E-state index contributed by atoms with van der Waals surface area (Å²) in [5.74, 6) is 2.39. The Kier molecular flexibility index (Phi) is 7.36. The summed E-state index contributed by atoms with van der Waals surface area (Å²) in [5.41, 5.74) is 1.85. The third-order valence-corrected chi connectivity index (χ3v) is 3.93. The largest absolute Gasteiger partial charge is 0.494 e. The highest BCUT2D eigenvalue weighted by Crippen LogP contribution is 2.34. The average molecular weight is 439 g/mol. The van der Waals surface area contributed by atoms with Crippen molar-refractivity contribution in [3.05, 3.63) is 45.5 Å². The van der Waals surface area contributed by atoms with E-state index in [9.17, 15) is 0 Å². The molecule has 0 aliphatic rings. The molecule has 2 aromatic rings. The first kappa shape index (κ1) is 18.6. The van der Waals surface area contributed by atoms with E-state index in [0.29, 0.717) is 19.8 Å². The summed E-state index contributed by atoms with van der Waals surface area (Å²) in [6.45, 7) is 7.75. The van der Waals surface area contributed by atoms with Gasteiger partial charge in [0.25, 0.3) is 0 Å². The van der Waals surface area contributed by atoms with E-state index in [1.54, 1.807) is 0 Å². The smallest absolute Gasteiger partial charge is 0.174 e. The lowest BCUT2D eigenvalue weighted by Gasteiger charge is -2.13. The number of nitrogens with zero attached hydrogens (tertiary/aromatic N) is 1. The Morgan fingerprint density at radius 3 is 2.21 bits per heavy atom. The molecule has 4 nitrogen and oxygen atoms in total. The van der Waals surface area contributed by atoms with Gasteiger partial charge in [0.15, 0.2) is 11.5 Å². The Hall–Kier alpha value is -1.76. The van der Waals surface area contributed by atoms with E-state index in [0.717, 1.165) is 32.1 Å². The van der Waals surface area contributed by atoms with E-state index < -0.39 is 0 Å². The third-order valence-electron chi connectivity index (χ3n) is 3.13. The van der Waals surface area contributed by atoms with Crippen LogP contribution in [0.3, 0.4) is 0 Å². The zero-order valence-corrected chi connectivity index (χ0v) is 16.4. The maximum absolute atomic E-state index is 5.70. The predicted octanol–water partition coefficient (Wildman–Crippen LogP) is 5.24. The monoisotopic (exact) mass is 439 g/mol. The van der Waals surface area contributed by atoms with E-state index in [1.165, 1.54) is 0 Å². The number of ether oxygens (including phenoxy) is 3. The molecule has 0 fully saturated rings. The lowest BCUT2D eigenvalue weighted by Crippen LogP contribution is -2.01. The zero-order valence-electron chi connectivity index (χ0n) is 14.2. The molecule has 0 bridgehead atoms. The first-order chi connectivity index (χ1) is 11.7. The van der Waals surface area contributed by atoms with E-state index >= 15 is 0 Å². The van der Waals surface area contributed by atoms with Gasteiger partial charge in [-0.1, -0.05) is 0 Å². The van der Waals surface area contributed by atoms with Gasteiger partial charge in [-0.05, 0) is 85.3 Å². The van der Waals surface area contributed by atoms with E-state index in [1.807, 2.05) is 63.4 Å². The van der Waals surface area contributed by atoms with Gasteiger partial charge in [0, 0.05) is 6.21 Å². The van der Waals surface area contributed by atoms with Crippen LogP contribution in [0.1, 0.15) is 26.3 Å². The fraction of sp³-hybridized carbons (Fsp3) is 0.316. The van der Waals surface area contributed by atoms with E-state index in [4.69, 9.17) is 14.2 Å². The molecule has 128 valence electrons. The molecule has 24 heavy (non-hydrogen) atoms. The van der Waals surface area contributed by atoms with Crippen molar-refractivity contribution in [3.63, 3.8) is 0 Å². The molecular weight excluding hydrogens is 417 g/mol. The highest BCUT2D eigenvalue weighted by molar-refractivity contribution is 14.1. The molecule has 0 aromatic heterocycles. The lowest BCUT2D eigenvalue weighted by atomic mass is 10.2. The molecule has 2 rings (SSSR count). The summed E-state index contributed by atoms with van der Waals surface area (Å²) in [6.07, 6.45) is 1.83. The van der Waals surface area contributed by atoms with Crippen LogP contribution in [0.4, 0.5) is 5.69 Å². The molecular formula is C19H22INO3. The molecule has 0 amide bonds. The Morgan fingerprint density at radius 2 is 1.58 bits per heavy atom. The van der Waals surface area contributed by atoms with Crippen molar-refractivity contribution in [1.82, 2.24) is 0 Å². The van der Waals surface area contributed by atoms with Crippen molar-refractivity contribution >= 4 is 34.5 Å². The van der Waals surface area contributed by atoms with Crippen molar-refractivity contribution in [3.8, 4) is 17.2 Å². The van der Waals surface area contributed by atoms with Gasteiger partial charge in [0.2, 0.25) is 0 Å². The van der Waals surface area contributed by atoms with Crippen LogP contribution in [-0.2, 0) is 0 Å². The molecule has 0 unspecified atom stereocenters. The minimum absolute atomic E-state index is 0.593. The van der Waals surface area contributed by atoms with Crippen molar-refractivity contribution < 1.29 is 14.2 Å². The number of aliphatic imine (C=N–C) groups is 1. The van der Waals surface area contributed by atoms with E-state index in [2.05, 4.69) is 27.6 Å². The van der Waals surface area contributed by atoms with Gasteiger partial charge in [0.05, 0.1) is 29.1 Å². The summed E-state index contributed by atoms with van der Waals surface area (Å²) in [5, 5.41) is 0.